The lowest BCUT2D eigenvalue weighted by atomic mass is 9.90. The van der Waals surface area contributed by atoms with Gasteiger partial charge in [0.25, 0.3) is 0 Å². The molecule has 0 saturated heterocycles. The zero-order chi connectivity index (χ0) is 23.4. The molecule has 1 atom stereocenters. The van der Waals surface area contributed by atoms with Crippen LogP contribution in [-0.4, -0.2) is 25.4 Å². The molecule has 7 nitrogen and oxygen atoms in total. The van der Waals surface area contributed by atoms with Gasteiger partial charge in [-0.25, -0.2) is 9.97 Å². The predicted molar refractivity (Wildman–Crippen MR) is 134 cm³/mol. The molecule has 8 heteroatoms. The first-order chi connectivity index (χ1) is 16.5. The summed E-state index contributed by atoms with van der Waals surface area (Å²) in [6.45, 7) is 4.06. The number of aromatic nitrogens is 4. The zero-order valence-corrected chi connectivity index (χ0v) is 18.8. The first-order valence-corrected chi connectivity index (χ1v) is 11.1. The first-order valence-electron chi connectivity index (χ1n) is 10.8. The van der Waals surface area contributed by atoms with Crippen LogP contribution in [0.15, 0.2) is 73.7 Å². The third-order valence-corrected chi connectivity index (χ3v) is 6.50. The van der Waals surface area contributed by atoms with Gasteiger partial charge >= 0.3 is 0 Å². The number of fused-ring (bicyclic) bond motifs is 6. The van der Waals surface area contributed by atoms with Crippen molar-refractivity contribution in [3.63, 3.8) is 0 Å². The van der Waals surface area contributed by atoms with Gasteiger partial charge in [-0.2, -0.15) is 0 Å². The summed E-state index contributed by atoms with van der Waals surface area (Å²) >= 11 is 6.45. The molecule has 166 valence electrons. The summed E-state index contributed by atoms with van der Waals surface area (Å²) < 4.78 is 2.07. The Hall–Kier alpha value is -4.23. The van der Waals surface area contributed by atoms with Crippen LogP contribution in [0.1, 0.15) is 11.6 Å². The largest absolute Gasteiger partial charge is 0.383 e. The van der Waals surface area contributed by atoms with E-state index < -0.39 is 0 Å². The number of hydrogen-bond donors (Lipinski definition) is 2. The molecule has 2 aromatic carbocycles. The Morgan fingerprint density at radius 3 is 2.88 bits per heavy atom. The fraction of sp³-hybridized carbons (Fsp3) is 0.0769. The van der Waals surface area contributed by atoms with Crippen molar-refractivity contribution in [1.29, 1.82) is 0 Å². The second-order valence-electron chi connectivity index (χ2n) is 8.21. The van der Waals surface area contributed by atoms with Gasteiger partial charge in [0.05, 0.1) is 22.6 Å². The number of carbonyl (C=O) groups is 1. The van der Waals surface area contributed by atoms with Crippen molar-refractivity contribution in [3.05, 3.63) is 84.3 Å². The van der Waals surface area contributed by atoms with Gasteiger partial charge in [-0.3, -0.25) is 9.78 Å². The number of nitrogens with zero attached hydrogens (tertiary/aromatic N) is 4. The quantitative estimate of drug-likeness (QED) is 0.368. The molecule has 6 rings (SSSR count). The molecule has 3 aromatic heterocycles. The van der Waals surface area contributed by atoms with Gasteiger partial charge in [0.1, 0.15) is 17.8 Å². The highest BCUT2D eigenvalue weighted by Gasteiger charge is 2.32. The van der Waals surface area contributed by atoms with E-state index in [1.54, 1.807) is 0 Å². The van der Waals surface area contributed by atoms with Gasteiger partial charge in [-0.05, 0) is 35.9 Å². The standard InChI is InChI=1S/C26H19ClN6O/c1-2-21(34)32-20-12-33-24(18-10-16(27)7-8-17(18)20)22(23-25(28)30-13-31-26(23)33)15-9-14-5-3-4-6-19(14)29-11-15/h2-11,13,20H,1,12H2,(H,32,34)(H2,28,30,31)/t20-/m0/s1. The molecule has 1 aliphatic heterocycles. The number of carbonyl (C=O) groups excluding carboxylic acids is 1. The highest BCUT2D eigenvalue weighted by atomic mass is 35.5. The highest BCUT2D eigenvalue weighted by molar-refractivity contribution is 6.31. The Morgan fingerprint density at radius 2 is 2.03 bits per heavy atom. The predicted octanol–water partition coefficient (Wildman–Crippen LogP) is 4.91. The number of amides is 1. The number of benzene rings is 2. The third kappa shape index (κ3) is 3.05. The van der Waals surface area contributed by atoms with Crippen molar-refractivity contribution in [1.82, 2.24) is 24.8 Å². The molecular formula is C26H19ClN6O. The fourth-order valence-electron chi connectivity index (χ4n) is 4.81. The van der Waals surface area contributed by atoms with Gasteiger partial charge in [-0.15, -0.1) is 0 Å². The average molecular weight is 467 g/mol. The molecule has 0 fully saturated rings. The van der Waals surface area contributed by atoms with E-state index in [-0.39, 0.29) is 11.9 Å². The first kappa shape index (κ1) is 20.4. The molecule has 3 N–H and O–H groups in total. The van der Waals surface area contributed by atoms with Gasteiger partial charge in [0.2, 0.25) is 5.91 Å². The van der Waals surface area contributed by atoms with Crippen LogP contribution in [0.5, 0.6) is 0 Å². The molecule has 0 saturated carbocycles. The Kier molecular flexibility index (Phi) is 4.60. The van der Waals surface area contributed by atoms with Gasteiger partial charge in [0.15, 0.2) is 0 Å². The van der Waals surface area contributed by atoms with Crippen LogP contribution in [0, 0.1) is 0 Å². The van der Waals surface area contributed by atoms with Gasteiger partial charge < -0.3 is 15.6 Å². The summed E-state index contributed by atoms with van der Waals surface area (Å²) in [5.74, 6) is 0.129. The van der Waals surface area contributed by atoms with Crippen molar-refractivity contribution >= 4 is 45.3 Å². The topological polar surface area (TPSA) is 98.7 Å². The van der Waals surface area contributed by atoms with Crippen molar-refractivity contribution in [2.75, 3.05) is 5.73 Å². The molecule has 0 spiro atoms. The maximum absolute atomic E-state index is 12.2. The lowest BCUT2D eigenvalue weighted by Gasteiger charge is -2.29. The summed E-state index contributed by atoms with van der Waals surface area (Å²) in [6, 6.07) is 15.5. The maximum atomic E-state index is 12.2. The summed E-state index contributed by atoms with van der Waals surface area (Å²) in [6.07, 6.45) is 4.57. The zero-order valence-electron chi connectivity index (χ0n) is 18.0. The normalized spacial score (nSPS) is 14.6. The van der Waals surface area contributed by atoms with E-state index in [1.807, 2.05) is 48.7 Å². The molecule has 0 unspecified atom stereocenters. The molecule has 5 aromatic rings. The Labute approximate surface area is 199 Å². The molecule has 4 heterocycles. The van der Waals surface area contributed by atoms with E-state index in [9.17, 15) is 4.79 Å². The summed E-state index contributed by atoms with van der Waals surface area (Å²) in [4.78, 5) is 25.8. The lowest BCUT2D eigenvalue weighted by molar-refractivity contribution is -0.117. The van der Waals surface area contributed by atoms with Crippen molar-refractivity contribution in [2.24, 2.45) is 0 Å². The summed E-state index contributed by atoms with van der Waals surface area (Å²) in [5.41, 5.74) is 12.6. The average Bonchev–Trinajstić information content (AvgIpc) is 3.19. The van der Waals surface area contributed by atoms with E-state index in [0.717, 1.165) is 44.2 Å². The monoisotopic (exact) mass is 466 g/mol. The summed E-state index contributed by atoms with van der Waals surface area (Å²) in [5, 5.41) is 5.38. The van der Waals surface area contributed by atoms with E-state index in [0.29, 0.717) is 23.0 Å². The minimum absolute atomic E-state index is 0.251. The highest BCUT2D eigenvalue weighted by Crippen LogP contribution is 2.47. The molecule has 34 heavy (non-hydrogen) atoms. The SMILES string of the molecule is C=CC(=O)N[C@H]1Cn2c(c(-c3cnc4ccccc4c3)c3c(N)ncnc32)-c2cc(Cl)ccc21. The van der Waals surface area contributed by atoms with Gasteiger partial charge in [-0.1, -0.05) is 42.4 Å². The van der Waals surface area contributed by atoms with Crippen LogP contribution < -0.4 is 11.1 Å². The minimum Gasteiger partial charge on any atom is -0.383 e. The smallest absolute Gasteiger partial charge is 0.243 e. The lowest BCUT2D eigenvalue weighted by Crippen LogP contribution is -2.32. The van der Waals surface area contributed by atoms with Crippen molar-refractivity contribution < 1.29 is 4.79 Å². The van der Waals surface area contributed by atoms with Gasteiger partial charge in [0, 0.05) is 39.8 Å². The molecule has 0 bridgehead atoms. The number of nitrogens with two attached hydrogens (primary N) is 1. The van der Waals surface area contributed by atoms with Crippen LogP contribution in [0.25, 0.3) is 44.3 Å². The van der Waals surface area contributed by atoms with Crippen molar-refractivity contribution in [3.8, 4) is 22.4 Å². The van der Waals surface area contributed by atoms with Crippen LogP contribution in [0.4, 0.5) is 5.82 Å². The van der Waals surface area contributed by atoms with E-state index in [2.05, 4.69) is 37.5 Å². The van der Waals surface area contributed by atoms with Crippen molar-refractivity contribution in [2.45, 2.75) is 12.6 Å². The second-order valence-corrected chi connectivity index (χ2v) is 8.64. The number of anilines is 1. The molecule has 0 aliphatic carbocycles. The Balaban J connectivity index is 1.70. The molecular weight excluding hydrogens is 448 g/mol. The number of pyridine rings is 1. The van der Waals surface area contributed by atoms with Crippen LogP contribution in [-0.2, 0) is 11.3 Å². The van der Waals surface area contributed by atoms with E-state index >= 15 is 0 Å². The minimum atomic E-state index is -0.292. The number of hydrogen-bond acceptors (Lipinski definition) is 5. The van der Waals surface area contributed by atoms with E-state index in [4.69, 9.17) is 17.3 Å². The number of rotatable bonds is 3. The number of nitrogen functional groups attached to an aromatic ring is 1. The third-order valence-electron chi connectivity index (χ3n) is 6.26. The van der Waals surface area contributed by atoms with E-state index in [1.165, 1.54) is 12.4 Å². The molecule has 0 radical (unpaired) electrons. The number of halogens is 1. The van der Waals surface area contributed by atoms with Crippen LogP contribution in [0.3, 0.4) is 0 Å². The van der Waals surface area contributed by atoms with Crippen LogP contribution >= 0.6 is 11.6 Å². The Bertz CT molecular complexity index is 1640. The fourth-order valence-corrected chi connectivity index (χ4v) is 4.98. The number of para-hydroxylation sites is 1. The number of nitrogens with one attached hydrogen (secondary N) is 1. The second kappa shape index (κ2) is 7.67. The Morgan fingerprint density at radius 1 is 1.18 bits per heavy atom. The summed E-state index contributed by atoms with van der Waals surface area (Å²) in [7, 11) is 0. The molecule has 1 amide bonds. The van der Waals surface area contributed by atoms with Crippen LogP contribution in [0.2, 0.25) is 5.02 Å². The maximum Gasteiger partial charge on any atom is 0.243 e. The molecule has 1 aliphatic rings.